The molecular weight excluding hydrogens is 320 g/mol. The zero-order valence-electron chi connectivity index (χ0n) is 15.0. The van der Waals surface area contributed by atoms with Gasteiger partial charge in [0.2, 0.25) is 11.8 Å². The molecule has 0 saturated carbocycles. The molecule has 1 aromatic carbocycles. The Kier molecular flexibility index (Phi) is 7.01. The zero-order chi connectivity index (χ0) is 18.2. The van der Waals surface area contributed by atoms with Gasteiger partial charge in [-0.05, 0) is 43.5 Å². The van der Waals surface area contributed by atoms with Crippen molar-refractivity contribution in [1.82, 2.24) is 10.2 Å². The molecule has 1 saturated heterocycles. The molecule has 1 aliphatic rings. The van der Waals surface area contributed by atoms with E-state index in [-0.39, 0.29) is 17.9 Å². The van der Waals surface area contributed by atoms with E-state index in [9.17, 15) is 9.59 Å². The average Bonchev–Trinajstić information content (AvgIpc) is 2.66. The van der Waals surface area contributed by atoms with Gasteiger partial charge in [0, 0.05) is 26.3 Å². The number of carbonyl (C=O) groups excluding carboxylic acids is 2. The molecule has 1 aliphatic heterocycles. The molecule has 1 fully saturated rings. The molecule has 2 rings (SSSR count). The summed E-state index contributed by atoms with van der Waals surface area (Å²) in [6, 6.07) is 6.82. The molecule has 1 aromatic rings. The van der Waals surface area contributed by atoms with Crippen LogP contribution in [0.2, 0.25) is 0 Å². The first-order valence-electron chi connectivity index (χ1n) is 8.47. The number of amides is 2. The van der Waals surface area contributed by atoms with Crippen LogP contribution in [0.1, 0.15) is 25.3 Å². The largest absolute Gasteiger partial charge is 0.497 e. The smallest absolute Gasteiger partial charge is 0.244 e. The normalized spacial score (nSPS) is 16.7. The van der Waals surface area contributed by atoms with Gasteiger partial charge in [-0.15, -0.1) is 0 Å². The molecule has 136 valence electrons. The summed E-state index contributed by atoms with van der Waals surface area (Å²) >= 11 is 0. The van der Waals surface area contributed by atoms with Gasteiger partial charge in [-0.25, -0.2) is 0 Å². The molecular formula is C19H26N2O4. The molecule has 2 amide bonds. The van der Waals surface area contributed by atoms with Crippen LogP contribution >= 0.6 is 0 Å². The van der Waals surface area contributed by atoms with Gasteiger partial charge in [-0.3, -0.25) is 9.59 Å². The van der Waals surface area contributed by atoms with Gasteiger partial charge in [-0.1, -0.05) is 12.1 Å². The van der Waals surface area contributed by atoms with E-state index in [0.717, 1.165) is 24.2 Å². The predicted molar refractivity (Wildman–Crippen MR) is 96.2 cm³/mol. The third-order valence-corrected chi connectivity index (χ3v) is 4.36. The van der Waals surface area contributed by atoms with Gasteiger partial charge >= 0.3 is 0 Å². The summed E-state index contributed by atoms with van der Waals surface area (Å²) in [5.41, 5.74) is 0.886. The molecule has 0 aliphatic carbocycles. The quantitative estimate of drug-likeness (QED) is 0.798. The van der Waals surface area contributed by atoms with Gasteiger partial charge in [-0.2, -0.15) is 0 Å². The number of methoxy groups -OCH3 is 2. The van der Waals surface area contributed by atoms with Crippen molar-refractivity contribution >= 4 is 17.9 Å². The third-order valence-electron chi connectivity index (χ3n) is 4.36. The molecule has 6 heteroatoms. The highest BCUT2D eigenvalue weighted by Crippen LogP contribution is 2.14. The Morgan fingerprint density at radius 2 is 1.84 bits per heavy atom. The van der Waals surface area contributed by atoms with Crippen LogP contribution in [0.3, 0.4) is 0 Å². The zero-order valence-corrected chi connectivity index (χ0v) is 15.0. The lowest BCUT2D eigenvalue weighted by molar-refractivity contribution is -0.137. The second kappa shape index (κ2) is 9.22. The number of likely N-dealkylation sites (tertiary alicyclic amines) is 1. The van der Waals surface area contributed by atoms with E-state index in [1.54, 1.807) is 32.1 Å². The van der Waals surface area contributed by atoms with Crippen molar-refractivity contribution in [2.24, 2.45) is 0 Å². The second-order valence-corrected chi connectivity index (χ2v) is 6.10. The van der Waals surface area contributed by atoms with E-state index in [2.05, 4.69) is 5.32 Å². The Morgan fingerprint density at radius 1 is 1.20 bits per heavy atom. The first-order valence-corrected chi connectivity index (χ1v) is 8.47. The lowest BCUT2D eigenvalue weighted by atomic mass is 10.1. The second-order valence-electron chi connectivity index (χ2n) is 6.10. The number of carbonyl (C=O) groups is 2. The SMILES string of the molecule is COc1ccc(/C=C/C(=O)NC(C)C(=O)N2CCC(OC)CC2)cc1. The summed E-state index contributed by atoms with van der Waals surface area (Å²) in [7, 11) is 3.30. The minimum atomic E-state index is -0.549. The summed E-state index contributed by atoms with van der Waals surface area (Å²) in [6.07, 6.45) is 5.03. The van der Waals surface area contributed by atoms with Crippen molar-refractivity contribution in [2.45, 2.75) is 31.9 Å². The molecule has 25 heavy (non-hydrogen) atoms. The van der Waals surface area contributed by atoms with E-state index in [1.807, 2.05) is 24.3 Å². The van der Waals surface area contributed by atoms with Crippen molar-refractivity contribution in [1.29, 1.82) is 0 Å². The van der Waals surface area contributed by atoms with Crippen molar-refractivity contribution < 1.29 is 19.1 Å². The fourth-order valence-corrected chi connectivity index (χ4v) is 2.80. The minimum absolute atomic E-state index is 0.0549. The third kappa shape index (κ3) is 5.60. The van der Waals surface area contributed by atoms with Crippen LogP contribution < -0.4 is 10.1 Å². The molecule has 0 spiro atoms. The number of piperidine rings is 1. The lowest BCUT2D eigenvalue weighted by Gasteiger charge is -2.33. The van der Waals surface area contributed by atoms with Crippen LogP contribution in [0.25, 0.3) is 6.08 Å². The summed E-state index contributed by atoms with van der Waals surface area (Å²) in [5, 5.41) is 2.72. The summed E-state index contributed by atoms with van der Waals surface area (Å²) in [4.78, 5) is 26.2. The standard InChI is InChI=1S/C19H26N2O4/c1-14(19(23)21-12-10-17(25-3)11-13-21)20-18(22)9-6-15-4-7-16(24-2)8-5-15/h4-9,14,17H,10-13H2,1-3H3,(H,20,22)/b9-6+. The first kappa shape index (κ1) is 19.0. The summed E-state index contributed by atoms with van der Waals surface area (Å²) < 4.78 is 10.4. The highest BCUT2D eigenvalue weighted by molar-refractivity contribution is 5.95. The predicted octanol–water partition coefficient (Wildman–Crippen LogP) is 1.85. The summed E-state index contributed by atoms with van der Waals surface area (Å²) in [6.45, 7) is 3.04. The molecule has 0 aromatic heterocycles. The Labute approximate surface area is 148 Å². The number of hydrogen-bond donors (Lipinski definition) is 1. The number of rotatable bonds is 6. The number of ether oxygens (including phenoxy) is 2. The number of nitrogens with zero attached hydrogens (tertiary/aromatic N) is 1. The van der Waals surface area contributed by atoms with Crippen molar-refractivity contribution in [3.63, 3.8) is 0 Å². The van der Waals surface area contributed by atoms with Crippen LogP contribution in [0.5, 0.6) is 5.75 Å². The lowest BCUT2D eigenvalue weighted by Crippen LogP contribution is -2.49. The Morgan fingerprint density at radius 3 is 2.40 bits per heavy atom. The Balaban J connectivity index is 1.82. The molecule has 6 nitrogen and oxygen atoms in total. The molecule has 1 N–H and O–H groups in total. The van der Waals surface area contributed by atoms with Crippen LogP contribution in [0, 0.1) is 0 Å². The number of nitrogens with one attached hydrogen (secondary N) is 1. The molecule has 1 heterocycles. The van der Waals surface area contributed by atoms with Gasteiger partial charge in [0.1, 0.15) is 11.8 Å². The maximum absolute atomic E-state index is 12.4. The Hall–Kier alpha value is -2.34. The van der Waals surface area contributed by atoms with Gasteiger partial charge < -0.3 is 19.7 Å². The average molecular weight is 346 g/mol. The highest BCUT2D eigenvalue weighted by atomic mass is 16.5. The number of benzene rings is 1. The molecule has 1 atom stereocenters. The van der Waals surface area contributed by atoms with Gasteiger partial charge in [0.25, 0.3) is 0 Å². The van der Waals surface area contributed by atoms with E-state index >= 15 is 0 Å². The highest BCUT2D eigenvalue weighted by Gasteiger charge is 2.26. The summed E-state index contributed by atoms with van der Waals surface area (Å²) in [5.74, 6) is 0.419. The van der Waals surface area contributed by atoms with E-state index < -0.39 is 6.04 Å². The van der Waals surface area contributed by atoms with Crippen LogP contribution in [-0.2, 0) is 14.3 Å². The monoisotopic (exact) mass is 346 g/mol. The Bertz CT molecular complexity index is 604. The van der Waals surface area contributed by atoms with Crippen LogP contribution in [0.4, 0.5) is 0 Å². The maximum atomic E-state index is 12.4. The van der Waals surface area contributed by atoms with E-state index in [1.165, 1.54) is 6.08 Å². The minimum Gasteiger partial charge on any atom is -0.497 e. The van der Waals surface area contributed by atoms with E-state index in [0.29, 0.717) is 13.1 Å². The van der Waals surface area contributed by atoms with Crippen LogP contribution in [0.15, 0.2) is 30.3 Å². The first-order chi connectivity index (χ1) is 12.0. The maximum Gasteiger partial charge on any atom is 0.244 e. The van der Waals surface area contributed by atoms with E-state index in [4.69, 9.17) is 9.47 Å². The molecule has 1 unspecified atom stereocenters. The number of hydrogen-bond acceptors (Lipinski definition) is 4. The van der Waals surface area contributed by atoms with Gasteiger partial charge in [0.15, 0.2) is 0 Å². The van der Waals surface area contributed by atoms with Gasteiger partial charge in [0.05, 0.1) is 13.2 Å². The van der Waals surface area contributed by atoms with Crippen molar-refractivity contribution in [3.05, 3.63) is 35.9 Å². The fourth-order valence-electron chi connectivity index (χ4n) is 2.80. The van der Waals surface area contributed by atoms with Crippen LogP contribution in [-0.4, -0.2) is 56.2 Å². The van der Waals surface area contributed by atoms with Crippen molar-refractivity contribution in [3.8, 4) is 5.75 Å². The molecule has 0 radical (unpaired) electrons. The van der Waals surface area contributed by atoms with Crippen molar-refractivity contribution in [2.75, 3.05) is 27.3 Å². The fraction of sp³-hybridized carbons (Fsp3) is 0.474. The topological polar surface area (TPSA) is 67.9 Å². The molecule has 0 bridgehead atoms.